The summed E-state index contributed by atoms with van der Waals surface area (Å²) in [6.45, 7) is 6.78. The number of nitriles is 1. The van der Waals surface area contributed by atoms with Crippen molar-refractivity contribution in [3.05, 3.63) is 82.4 Å². The van der Waals surface area contributed by atoms with E-state index in [1.165, 1.54) is 36.8 Å². The zero-order chi connectivity index (χ0) is 45.2. The SMILES string of the molecule is CCCCCCc1ccc(CC(=O)C[C@@H](CCN)C(=O)N(C)[C@@H]2C(=O)C[C@@H](C)C(=O)N[C@H](C(=O)CCC#N)Cc3ccc(OCCN)c(c3)-c3cc2ccc3OCCN)c(C)c1. The van der Waals surface area contributed by atoms with Crippen LogP contribution in [0.1, 0.15) is 105 Å². The standard InChI is InChI=1S/C49H66N6O7/c1-5-6-7-8-10-34-12-14-36(32(2)25-34)29-39(56)30-38(18-20-51)49(60)55(4)47-37-15-17-46(62-24-22-53)41(31-37)40-27-35(13-16-45(40)61-23-21-52)28-42(43(57)11-9-19-50)54-48(59)33(3)26-44(47)58/h12-17,25,27,31,33,38,42,47H,5-11,18,20-24,26,28-30,51-53H2,1-4H3,(H,54,59)/t33-,38-,42+,47+/m1/s1. The van der Waals surface area contributed by atoms with Gasteiger partial charge in [0.05, 0.1) is 12.1 Å². The maximum Gasteiger partial charge on any atom is 0.226 e. The molecular weight excluding hydrogens is 785 g/mol. The second-order valence-corrected chi connectivity index (χ2v) is 16.4. The number of carbonyl (C=O) groups excluding carboxylic acids is 5. The van der Waals surface area contributed by atoms with Crippen molar-refractivity contribution in [2.75, 3.05) is 39.9 Å². The number of likely N-dealkylation sites (N-methyl/N-ethyl adjacent to an activating group) is 1. The Labute approximate surface area is 367 Å². The number of aryl methyl sites for hydroxylation is 2. The van der Waals surface area contributed by atoms with Crippen molar-refractivity contribution < 1.29 is 33.4 Å². The van der Waals surface area contributed by atoms with Crippen molar-refractivity contribution in [2.24, 2.45) is 29.0 Å². The number of fused-ring (bicyclic) bond motifs is 5. The van der Waals surface area contributed by atoms with Crippen molar-refractivity contribution in [2.45, 2.75) is 110 Å². The molecule has 1 aliphatic rings. The summed E-state index contributed by atoms with van der Waals surface area (Å²) in [6.07, 6.45) is 5.76. The van der Waals surface area contributed by atoms with Gasteiger partial charge < -0.3 is 36.9 Å². The van der Waals surface area contributed by atoms with Crippen molar-refractivity contribution in [1.82, 2.24) is 10.2 Å². The van der Waals surface area contributed by atoms with Gasteiger partial charge in [-0.1, -0.05) is 63.4 Å². The number of nitrogens with zero attached hydrogens (tertiary/aromatic N) is 2. The van der Waals surface area contributed by atoms with Crippen LogP contribution >= 0.6 is 0 Å². The maximum absolute atomic E-state index is 14.6. The fourth-order valence-corrected chi connectivity index (χ4v) is 8.07. The molecule has 1 heterocycles. The first-order chi connectivity index (χ1) is 29.8. The van der Waals surface area contributed by atoms with Crippen molar-refractivity contribution in [3.8, 4) is 28.7 Å². The highest BCUT2D eigenvalue weighted by molar-refractivity contribution is 5.96. The van der Waals surface area contributed by atoms with E-state index in [4.69, 9.17) is 26.7 Å². The van der Waals surface area contributed by atoms with E-state index in [1.807, 2.05) is 25.1 Å². The molecule has 0 radical (unpaired) electrons. The monoisotopic (exact) mass is 850 g/mol. The van der Waals surface area contributed by atoms with E-state index in [9.17, 15) is 29.2 Å². The van der Waals surface area contributed by atoms with Crippen molar-refractivity contribution in [1.29, 1.82) is 5.26 Å². The van der Waals surface area contributed by atoms with Crippen LogP contribution in [0, 0.1) is 30.1 Å². The Morgan fingerprint density at radius 2 is 1.60 bits per heavy atom. The molecule has 0 aliphatic carbocycles. The molecule has 7 N–H and O–H groups in total. The van der Waals surface area contributed by atoms with Gasteiger partial charge in [-0.05, 0) is 91.2 Å². The van der Waals surface area contributed by atoms with E-state index < -0.39 is 41.5 Å². The summed E-state index contributed by atoms with van der Waals surface area (Å²) in [6, 6.07) is 16.7. The first-order valence-electron chi connectivity index (χ1n) is 22.1. The number of hydrogen-bond donors (Lipinski definition) is 4. The normalized spacial score (nSPS) is 17.0. The van der Waals surface area contributed by atoms with E-state index in [2.05, 4.69) is 24.4 Å². The Kier molecular flexibility index (Phi) is 19.8. The number of amides is 2. The summed E-state index contributed by atoms with van der Waals surface area (Å²) in [5.74, 6) is -2.60. The number of rotatable bonds is 22. The van der Waals surface area contributed by atoms with Gasteiger partial charge in [-0.2, -0.15) is 5.26 Å². The quantitative estimate of drug-likeness (QED) is 0.0907. The number of benzene rings is 3. The molecule has 0 unspecified atom stereocenters. The highest BCUT2D eigenvalue weighted by Gasteiger charge is 2.36. The van der Waals surface area contributed by atoms with Crippen LogP contribution in [-0.2, 0) is 43.2 Å². The number of carbonyl (C=O) groups is 5. The summed E-state index contributed by atoms with van der Waals surface area (Å²) in [7, 11) is 1.54. The number of hydrogen-bond acceptors (Lipinski definition) is 11. The summed E-state index contributed by atoms with van der Waals surface area (Å²) in [5.41, 5.74) is 23.2. The first kappa shape index (κ1) is 49.2. The molecule has 0 saturated heterocycles. The molecule has 334 valence electrons. The third-order valence-electron chi connectivity index (χ3n) is 11.5. The van der Waals surface area contributed by atoms with Crippen LogP contribution < -0.4 is 32.0 Å². The van der Waals surface area contributed by atoms with Crippen LogP contribution in [0.25, 0.3) is 11.1 Å². The molecule has 13 nitrogen and oxygen atoms in total. The smallest absolute Gasteiger partial charge is 0.226 e. The molecule has 4 rings (SSSR count). The molecule has 1 aliphatic heterocycles. The molecule has 3 aromatic rings. The Morgan fingerprint density at radius 1 is 0.903 bits per heavy atom. The predicted octanol–water partition coefficient (Wildman–Crippen LogP) is 5.64. The maximum atomic E-state index is 14.6. The fraction of sp³-hybridized carbons (Fsp3) is 0.510. The van der Waals surface area contributed by atoms with Gasteiger partial charge in [0.15, 0.2) is 11.6 Å². The van der Waals surface area contributed by atoms with Crippen LogP contribution in [0.15, 0.2) is 54.6 Å². The highest BCUT2D eigenvalue weighted by Crippen LogP contribution is 2.41. The topological polar surface area (TPSA) is 221 Å². The van der Waals surface area contributed by atoms with E-state index in [1.54, 1.807) is 37.3 Å². The molecule has 0 aromatic heterocycles. The first-order valence-corrected chi connectivity index (χ1v) is 22.1. The largest absolute Gasteiger partial charge is 0.492 e. The number of ketones is 3. The zero-order valence-electron chi connectivity index (χ0n) is 37.0. The van der Waals surface area contributed by atoms with Crippen molar-refractivity contribution >= 4 is 29.2 Å². The molecule has 0 saturated carbocycles. The molecule has 13 heteroatoms. The lowest BCUT2D eigenvalue weighted by Gasteiger charge is -2.32. The minimum Gasteiger partial charge on any atom is -0.492 e. The van der Waals surface area contributed by atoms with E-state index in [0.29, 0.717) is 33.8 Å². The van der Waals surface area contributed by atoms with Gasteiger partial charge in [0.1, 0.15) is 36.5 Å². The lowest BCUT2D eigenvalue weighted by atomic mass is 9.88. The van der Waals surface area contributed by atoms with Crippen LogP contribution in [0.3, 0.4) is 0 Å². The Balaban J connectivity index is 1.76. The van der Waals surface area contributed by atoms with Gasteiger partial charge in [-0.15, -0.1) is 0 Å². The number of Topliss-reactive ketones (excluding diaryl/α,β-unsaturated/α-hetero) is 3. The van der Waals surface area contributed by atoms with Crippen LogP contribution in [0.5, 0.6) is 11.5 Å². The van der Waals surface area contributed by atoms with Crippen LogP contribution in [0.4, 0.5) is 0 Å². The minimum atomic E-state index is -1.19. The van der Waals surface area contributed by atoms with Gasteiger partial charge in [0.2, 0.25) is 11.8 Å². The molecule has 3 aromatic carbocycles. The van der Waals surface area contributed by atoms with Gasteiger partial charge in [-0.25, -0.2) is 0 Å². The molecule has 4 bridgehead atoms. The van der Waals surface area contributed by atoms with Gasteiger partial charge in [0.25, 0.3) is 0 Å². The third-order valence-corrected chi connectivity index (χ3v) is 11.5. The average Bonchev–Trinajstić information content (AvgIpc) is 3.25. The fourth-order valence-electron chi connectivity index (χ4n) is 8.07. The number of nitrogens with one attached hydrogen (secondary N) is 1. The van der Waals surface area contributed by atoms with E-state index >= 15 is 0 Å². The average molecular weight is 851 g/mol. The lowest BCUT2D eigenvalue weighted by Crippen LogP contribution is -2.46. The van der Waals surface area contributed by atoms with Crippen LogP contribution in [0.2, 0.25) is 0 Å². The summed E-state index contributed by atoms with van der Waals surface area (Å²) < 4.78 is 12.2. The molecule has 0 spiro atoms. The zero-order valence-corrected chi connectivity index (χ0v) is 37.0. The highest BCUT2D eigenvalue weighted by atomic mass is 16.5. The van der Waals surface area contributed by atoms with E-state index in [0.717, 1.165) is 24.0 Å². The summed E-state index contributed by atoms with van der Waals surface area (Å²) >= 11 is 0. The summed E-state index contributed by atoms with van der Waals surface area (Å²) in [5, 5.41) is 12.1. The molecule has 0 fully saturated rings. The number of ether oxygens (including phenoxy) is 2. The molecule has 62 heavy (non-hydrogen) atoms. The van der Waals surface area contributed by atoms with Crippen molar-refractivity contribution in [3.63, 3.8) is 0 Å². The summed E-state index contributed by atoms with van der Waals surface area (Å²) in [4.78, 5) is 71.6. The lowest BCUT2D eigenvalue weighted by molar-refractivity contribution is -0.143. The Bertz CT molecular complexity index is 2060. The van der Waals surface area contributed by atoms with E-state index in [-0.39, 0.29) is 89.4 Å². The van der Waals surface area contributed by atoms with Gasteiger partial charge >= 0.3 is 0 Å². The van der Waals surface area contributed by atoms with Gasteiger partial charge in [-0.3, -0.25) is 24.0 Å². The number of nitrogens with two attached hydrogens (primary N) is 3. The molecule has 4 atom stereocenters. The number of unbranched alkanes of at least 4 members (excludes halogenated alkanes) is 3. The second kappa shape index (κ2) is 24.9. The van der Waals surface area contributed by atoms with Crippen LogP contribution in [-0.4, -0.2) is 80.0 Å². The van der Waals surface area contributed by atoms with Gasteiger partial charge in [0, 0.05) is 75.2 Å². The molecule has 2 amide bonds. The molecular formula is C49H66N6O7. The second-order valence-electron chi connectivity index (χ2n) is 16.4. The predicted molar refractivity (Wildman–Crippen MR) is 240 cm³/mol. The Morgan fingerprint density at radius 3 is 2.24 bits per heavy atom. The minimum absolute atomic E-state index is 0.0181. The third kappa shape index (κ3) is 13.8. The Hall–Kier alpha value is -5.42.